The number of halogens is 2. The van der Waals surface area contributed by atoms with Gasteiger partial charge >= 0.3 is 0 Å². The zero-order valence-corrected chi connectivity index (χ0v) is 20.1. The van der Waals surface area contributed by atoms with Gasteiger partial charge < -0.3 is 15.0 Å². The minimum absolute atomic E-state index is 0.178. The fraction of sp³-hybridized carbons (Fsp3) is 0.231. The number of likely N-dealkylation sites (N-methyl/N-ethyl adjacent to an activating group) is 1. The zero-order chi connectivity index (χ0) is 23.8. The first-order valence-corrected chi connectivity index (χ1v) is 11.3. The van der Waals surface area contributed by atoms with Crippen molar-refractivity contribution in [3.63, 3.8) is 0 Å². The summed E-state index contributed by atoms with van der Waals surface area (Å²) in [4.78, 5) is 27.8. The Morgan fingerprint density at radius 2 is 1.70 bits per heavy atom. The molecule has 33 heavy (non-hydrogen) atoms. The molecule has 0 aliphatic carbocycles. The van der Waals surface area contributed by atoms with Crippen LogP contribution in [0.1, 0.15) is 16.7 Å². The number of carbonyl (C=O) groups is 2. The molecule has 0 saturated carbocycles. The molecular weight excluding hydrogens is 459 g/mol. The third kappa shape index (κ3) is 6.98. The van der Waals surface area contributed by atoms with E-state index in [0.717, 1.165) is 16.7 Å². The van der Waals surface area contributed by atoms with Crippen molar-refractivity contribution < 1.29 is 14.3 Å². The number of benzene rings is 3. The Balaban J connectivity index is 1.89. The van der Waals surface area contributed by atoms with Crippen molar-refractivity contribution >= 4 is 35.0 Å². The summed E-state index contributed by atoms with van der Waals surface area (Å²) in [6.45, 7) is 1.93. The Bertz CT molecular complexity index is 1110. The van der Waals surface area contributed by atoms with Crippen molar-refractivity contribution in [3.05, 3.63) is 99.5 Å². The van der Waals surface area contributed by atoms with E-state index in [1.807, 2.05) is 55.5 Å². The Labute approximate surface area is 204 Å². The van der Waals surface area contributed by atoms with E-state index in [9.17, 15) is 9.59 Å². The Morgan fingerprint density at radius 1 is 0.939 bits per heavy atom. The first-order chi connectivity index (χ1) is 15.9. The average molecular weight is 485 g/mol. The molecule has 7 heteroatoms. The van der Waals surface area contributed by atoms with E-state index in [0.29, 0.717) is 22.2 Å². The van der Waals surface area contributed by atoms with Crippen LogP contribution < -0.4 is 10.1 Å². The molecule has 0 bridgehead atoms. The van der Waals surface area contributed by atoms with Crippen LogP contribution in [-0.4, -0.2) is 36.4 Å². The highest BCUT2D eigenvalue weighted by atomic mass is 35.5. The molecule has 0 aromatic heterocycles. The number of nitrogens with one attached hydrogen (secondary N) is 1. The van der Waals surface area contributed by atoms with Gasteiger partial charge in [0, 0.05) is 20.0 Å². The molecule has 0 radical (unpaired) electrons. The molecule has 0 heterocycles. The van der Waals surface area contributed by atoms with Crippen molar-refractivity contribution in [3.8, 4) is 5.75 Å². The second kappa shape index (κ2) is 11.7. The second-order valence-corrected chi connectivity index (χ2v) is 8.51. The molecule has 2 amide bonds. The van der Waals surface area contributed by atoms with Gasteiger partial charge in [0.25, 0.3) is 5.91 Å². The van der Waals surface area contributed by atoms with Gasteiger partial charge in [-0.3, -0.25) is 9.59 Å². The molecule has 0 fully saturated rings. The van der Waals surface area contributed by atoms with Crippen molar-refractivity contribution in [1.29, 1.82) is 0 Å². The van der Waals surface area contributed by atoms with E-state index in [1.165, 1.54) is 4.90 Å². The summed E-state index contributed by atoms with van der Waals surface area (Å²) < 4.78 is 5.75. The average Bonchev–Trinajstić information content (AvgIpc) is 2.82. The number of nitrogens with zero attached hydrogens (tertiary/aromatic N) is 1. The molecule has 1 atom stereocenters. The van der Waals surface area contributed by atoms with Gasteiger partial charge in [-0.15, -0.1) is 0 Å². The van der Waals surface area contributed by atoms with E-state index in [1.54, 1.807) is 31.3 Å². The maximum atomic E-state index is 13.4. The van der Waals surface area contributed by atoms with Gasteiger partial charge in [-0.1, -0.05) is 71.7 Å². The van der Waals surface area contributed by atoms with Crippen molar-refractivity contribution in [2.75, 3.05) is 13.7 Å². The summed E-state index contributed by atoms with van der Waals surface area (Å²) in [6.07, 6.45) is 0.359. The van der Waals surface area contributed by atoms with Crippen LogP contribution in [0.15, 0.2) is 72.8 Å². The highest BCUT2D eigenvalue weighted by Crippen LogP contribution is 2.24. The molecular formula is C26H26Cl2N2O3. The lowest BCUT2D eigenvalue weighted by atomic mass is 10.0. The van der Waals surface area contributed by atoms with Crippen molar-refractivity contribution in [2.24, 2.45) is 0 Å². The predicted octanol–water partition coefficient (Wildman–Crippen LogP) is 5.07. The number of amides is 2. The largest absolute Gasteiger partial charge is 0.484 e. The molecule has 1 N–H and O–H groups in total. The number of carbonyl (C=O) groups excluding carboxylic acids is 2. The van der Waals surface area contributed by atoms with E-state index < -0.39 is 6.04 Å². The maximum Gasteiger partial charge on any atom is 0.261 e. The Hall–Kier alpha value is -3.02. The molecule has 3 aromatic rings. The molecule has 172 valence electrons. The molecule has 3 aromatic carbocycles. The van der Waals surface area contributed by atoms with Crippen molar-refractivity contribution in [1.82, 2.24) is 10.2 Å². The van der Waals surface area contributed by atoms with E-state index in [2.05, 4.69) is 5.32 Å². The molecule has 1 unspecified atom stereocenters. The van der Waals surface area contributed by atoms with Crippen LogP contribution in [0.3, 0.4) is 0 Å². The molecule has 3 rings (SSSR count). The van der Waals surface area contributed by atoms with Crippen LogP contribution in [-0.2, 0) is 22.6 Å². The number of hydrogen-bond donors (Lipinski definition) is 1. The SMILES string of the molecule is CNC(=O)C(Cc1ccccc1)N(Cc1ccc(Cl)c(Cl)c1)C(=O)COc1cccc(C)c1. The van der Waals surface area contributed by atoms with E-state index >= 15 is 0 Å². The molecule has 0 saturated heterocycles. The quantitative estimate of drug-likeness (QED) is 0.461. The van der Waals surface area contributed by atoms with Gasteiger partial charge in [0.05, 0.1) is 10.0 Å². The number of hydrogen-bond acceptors (Lipinski definition) is 3. The summed E-state index contributed by atoms with van der Waals surface area (Å²) in [5.41, 5.74) is 2.73. The fourth-order valence-corrected chi connectivity index (χ4v) is 3.81. The van der Waals surface area contributed by atoms with Crippen LogP contribution in [0, 0.1) is 6.92 Å². The standard InChI is InChI=1S/C26H26Cl2N2O3/c1-18-7-6-10-21(13-18)33-17-25(31)30(16-20-11-12-22(27)23(28)14-20)24(26(32)29-2)15-19-8-4-3-5-9-19/h3-14,24H,15-17H2,1-2H3,(H,29,32). The number of ether oxygens (including phenoxy) is 1. The normalized spacial score (nSPS) is 11.5. The van der Waals surface area contributed by atoms with Crippen molar-refractivity contribution in [2.45, 2.75) is 25.9 Å². The minimum Gasteiger partial charge on any atom is -0.484 e. The Kier molecular flexibility index (Phi) is 8.75. The van der Waals surface area contributed by atoms with Crippen LogP contribution in [0.2, 0.25) is 10.0 Å². The zero-order valence-electron chi connectivity index (χ0n) is 18.6. The summed E-state index contributed by atoms with van der Waals surface area (Å²) in [5.74, 6) is 0.0207. The molecule has 5 nitrogen and oxygen atoms in total. The monoisotopic (exact) mass is 484 g/mol. The van der Waals surface area contributed by atoms with Gasteiger partial charge in [-0.2, -0.15) is 0 Å². The molecule has 0 spiro atoms. The predicted molar refractivity (Wildman–Crippen MR) is 132 cm³/mol. The highest BCUT2D eigenvalue weighted by molar-refractivity contribution is 6.42. The first kappa shape index (κ1) is 24.6. The number of aryl methyl sites for hydroxylation is 1. The summed E-state index contributed by atoms with van der Waals surface area (Å²) >= 11 is 12.2. The second-order valence-electron chi connectivity index (χ2n) is 7.70. The molecule has 0 aliphatic rings. The van der Waals surface area contributed by atoms with Gasteiger partial charge in [0.15, 0.2) is 6.61 Å². The minimum atomic E-state index is -0.736. The van der Waals surface area contributed by atoms with Gasteiger partial charge in [-0.25, -0.2) is 0 Å². The van der Waals surface area contributed by atoms with Gasteiger partial charge in [-0.05, 0) is 47.9 Å². The van der Waals surface area contributed by atoms with Crippen LogP contribution in [0.4, 0.5) is 0 Å². The third-order valence-corrected chi connectivity index (χ3v) is 5.95. The lowest BCUT2D eigenvalue weighted by Gasteiger charge is -2.31. The molecule has 0 aliphatic heterocycles. The highest BCUT2D eigenvalue weighted by Gasteiger charge is 2.30. The smallest absolute Gasteiger partial charge is 0.261 e. The summed E-state index contributed by atoms with van der Waals surface area (Å²) in [6, 6.07) is 21.5. The number of rotatable bonds is 9. The van der Waals surface area contributed by atoms with E-state index in [4.69, 9.17) is 27.9 Å². The van der Waals surface area contributed by atoms with Gasteiger partial charge in [0.1, 0.15) is 11.8 Å². The van der Waals surface area contributed by atoms with E-state index in [-0.39, 0.29) is 25.0 Å². The first-order valence-electron chi connectivity index (χ1n) is 10.6. The topological polar surface area (TPSA) is 58.6 Å². The van der Waals surface area contributed by atoms with Crippen LogP contribution in [0.5, 0.6) is 5.75 Å². The van der Waals surface area contributed by atoms with Crippen LogP contribution in [0.25, 0.3) is 0 Å². The maximum absolute atomic E-state index is 13.4. The Morgan fingerprint density at radius 3 is 2.36 bits per heavy atom. The lowest BCUT2D eigenvalue weighted by Crippen LogP contribution is -2.51. The lowest BCUT2D eigenvalue weighted by molar-refractivity contribution is -0.142. The summed E-state index contributed by atoms with van der Waals surface area (Å²) in [5, 5.41) is 3.50. The summed E-state index contributed by atoms with van der Waals surface area (Å²) in [7, 11) is 1.56. The van der Waals surface area contributed by atoms with Crippen LogP contribution >= 0.6 is 23.2 Å². The fourth-order valence-electron chi connectivity index (χ4n) is 3.49. The third-order valence-electron chi connectivity index (χ3n) is 5.21. The van der Waals surface area contributed by atoms with Gasteiger partial charge in [0.2, 0.25) is 5.91 Å².